The highest BCUT2D eigenvalue weighted by Crippen LogP contribution is 2.03. The van der Waals surface area contributed by atoms with E-state index in [4.69, 9.17) is 4.74 Å². The van der Waals surface area contributed by atoms with Gasteiger partial charge in [-0.1, -0.05) is 50.3 Å². The lowest BCUT2D eigenvalue weighted by Gasteiger charge is -2.22. The Morgan fingerprint density at radius 3 is 2.43 bits per heavy atom. The molecule has 126 valence electrons. The van der Waals surface area contributed by atoms with Crippen molar-refractivity contribution in [2.75, 3.05) is 6.61 Å². The van der Waals surface area contributed by atoms with Crippen LogP contribution in [0.2, 0.25) is 0 Å². The van der Waals surface area contributed by atoms with Gasteiger partial charge in [-0.25, -0.2) is 4.79 Å². The van der Waals surface area contributed by atoms with Gasteiger partial charge in [0.25, 0.3) is 0 Å². The molecule has 0 aromatic heterocycles. The van der Waals surface area contributed by atoms with Crippen LogP contribution in [0.4, 0.5) is 4.79 Å². The molecule has 0 aliphatic rings. The molecule has 0 aliphatic heterocycles. The Balaban J connectivity index is 2.49. The number of nitrogens with one attached hydrogen (secondary N) is 2. The van der Waals surface area contributed by atoms with Crippen LogP contribution in [-0.4, -0.2) is 35.8 Å². The molecule has 0 bridgehead atoms. The van der Waals surface area contributed by atoms with Crippen molar-refractivity contribution in [1.29, 1.82) is 0 Å². The molecule has 0 radical (unpaired) electrons. The minimum Gasteiger partial charge on any atom is -0.445 e. The van der Waals surface area contributed by atoms with E-state index < -0.39 is 18.0 Å². The lowest BCUT2D eigenvalue weighted by atomic mass is 10.0. The van der Waals surface area contributed by atoms with Gasteiger partial charge in [0.2, 0.25) is 5.91 Å². The summed E-state index contributed by atoms with van der Waals surface area (Å²) < 4.78 is 5.06. The molecule has 0 unspecified atom stereocenters. The SMILES string of the molecule is C=C[C@H](NC(=O)OCc1ccccc1)C(=O)N[C@H](CO)C(C)C. The maximum absolute atomic E-state index is 12.1. The highest BCUT2D eigenvalue weighted by molar-refractivity contribution is 5.87. The molecule has 1 rings (SSSR count). The van der Waals surface area contributed by atoms with Gasteiger partial charge in [0, 0.05) is 0 Å². The highest BCUT2D eigenvalue weighted by atomic mass is 16.5. The molecule has 0 saturated carbocycles. The van der Waals surface area contributed by atoms with E-state index in [9.17, 15) is 14.7 Å². The minimum absolute atomic E-state index is 0.0689. The van der Waals surface area contributed by atoms with E-state index in [1.165, 1.54) is 6.08 Å². The summed E-state index contributed by atoms with van der Waals surface area (Å²) in [7, 11) is 0. The van der Waals surface area contributed by atoms with Gasteiger partial charge in [-0.05, 0) is 11.5 Å². The van der Waals surface area contributed by atoms with Crippen LogP contribution in [-0.2, 0) is 16.1 Å². The van der Waals surface area contributed by atoms with Gasteiger partial charge in [-0.3, -0.25) is 4.79 Å². The van der Waals surface area contributed by atoms with Crippen molar-refractivity contribution >= 4 is 12.0 Å². The number of hydrogen-bond acceptors (Lipinski definition) is 4. The van der Waals surface area contributed by atoms with E-state index >= 15 is 0 Å². The van der Waals surface area contributed by atoms with Crippen molar-refractivity contribution in [3.05, 3.63) is 48.6 Å². The molecule has 0 heterocycles. The lowest BCUT2D eigenvalue weighted by Crippen LogP contribution is -2.51. The van der Waals surface area contributed by atoms with Crippen molar-refractivity contribution in [3.63, 3.8) is 0 Å². The zero-order valence-corrected chi connectivity index (χ0v) is 13.5. The van der Waals surface area contributed by atoms with Gasteiger partial charge in [-0.15, -0.1) is 6.58 Å². The number of benzene rings is 1. The van der Waals surface area contributed by atoms with Crippen LogP contribution in [0.3, 0.4) is 0 Å². The number of rotatable bonds is 8. The normalized spacial score (nSPS) is 13.0. The van der Waals surface area contributed by atoms with E-state index in [-0.39, 0.29) is 25.2 Å². The molecule has 0 fully saturated rings. The molecule has 6 heteroatoms. The van der Waals surface area contributed by atoms with Crippen LogP contribution in [0.15, 0.2) is 43.0 Å². The topological polar surface area (TPSA) is 87.7 Å². The first-order valence-corrected chi connectivity index (χ1v) is 7.49. The number of alkyl carbamates (subject to hydrolysis) is 1. The Morgan fingerprint density at radius 1 is 1.26 bits per heavy atom. The molecule has 23 heavy (non-hydrogen) atoms. The van der Waals surface area contributed by atoms with Gasteiger partial charge in [0.15, 0.2) is 0 Å². The average Bonchev–Trinajstić information content (AvgIpc) is 2.56. The molecule has 1 aromatic rings. The first kappa shape index (κ1) is 18.7. The summed E-state index contributed by atoms with van der Waals surface area (Å²) in [5, 5.41) is 14.3. The summed E-state index contributed by atoms with van der Waals surface area (Å²) in [6.45, 7) is 7.24. The third-order valence-corrected chi connectivity index (χ3v) is 3.33. The number of carbonyl (C=O) groups is 2. The van der Waals surface area contributed by atoms with Gasteiger partial charge >= 0.3 is 6.09 Å². The van der Waals surface area contributed by atoms with Crippen LogP contribution in [0.5, 0.6) is 0 Å². The smallest absolute Gasteiger partial charge is 0.408 e. The Bertz CT molecular complexity index is 517. The van der Waals surface area contributed by atoms with E-state index in [1.54, 1.807) is 0 Å². The van der Waals surface area contributed by atoms with Crippen LogP contribution in [0.1, 0.15) is 19.4 Å². The summed E-state index contributed by atoms with van der Waals surface area (Å²) in [4.78, 5) is 23.9. The second-order valence-corrected chi connectivity index (χ2v) is 5.46. The van der Waals surface area contributed by atoms with Gasteiger partial charge in [-0.2, -0.15) is 0 Å². The Hall–Kier alpha value is -2.34. The number of amides is 2. The van der Waals surface area contributed by atoms with Crippen LogP contribution in [0.25, 0.3) is 0 Å². The van der Waals surface area contributed by atoms with Crippen molar-refractivity contribution in [2.24, 2.45) is 5.92 Å². The lowest BCUT2D eigenvalue weighted by molar-refractivity contribution is -0.123. The van der Waals surface area contributed by atoms with Crippen molar-refractivity contribution in [3.8, 4) is 0 Å². The summed E-state index contributed by atoms with van der Waals surface area (Å²) in [5.74, 6) is -0.371. The van der Waals surface area contributed by atoms with E-state index in [2.05, 4.69) is 17.2 Å². The predicted octanol–water partition coefficient (Wildman–Crippen LogP) is 1.60. The Labute approximate surface area is 136 Å². The molecule has 1 aromatic carbocycles. The zero-order chi connectivity index (χ0) is 17.2. The molecule has 3 N–H and O–H groups in total. The zero-order valence-electron chi connectivity index (χ0n) is 13.5. The second-order valence-electron chi connectivity index (χ2n) is 5.46. The fourth-order valence-corrected chi connectivity index (χ4v) is 1.82. The predicted molar refractivity (Wildman–Crippen MR) is 87.6 cm³/mol. The molecule has 2 amide bonds. The quantitative estimate of drug-likeness (QED) is 0.635. The standard InChI is InChI=1S/C17H24N2O4/c1-4-14(16(21)18-15(10-20)12(2)3)19-17(22)23-11-13-8-6-5-7-9-13/h4-9,12,14-15,20H,1,10-11H2,2-3H3,(H,18,21)(H,19,22)/t14-,15+/m0/s1. The first-order chi connectivity index (χ1) is 11.0. The molecule has 0 spiro atoms. The summed E-state index contributed by atoms with van der Waals surface area (Å²) in [5.41, 5.74) is 0.849. The highest BCUT2D eigenvalue weighted by Gasteiger charge is 2.22. The maximum atomic E-state index is 12.1. The van der Waals surface area contributed by atoms with Gasteiger partial charge < -0.3 is 20.5 Å². The fraction of sp³-hybridized carbons (Fsp3) is 0.412. The number of carbonyl (C=O) groups excluding carboxylic acids is 2. The molecular formula is C17H24N2O4. The molecular weight excluding hydrogens is 296 g/mol. The summed E-state index contributed by atoms with van der Waals surface area (Å²) in [6.07, 6.45) is 0.604. The van der Waals surface area contributed by atoms with E-state index in [1.807, 2.05) is 44.2 Å². The minimum atomic E-state index is -0.925. The van der Waals surface area contributed by atoms with Crippen molar-refractivity contribution in [1.82, 2.24) is 10.6 Å². The van der Waals surface area contributed by atoms with Crippen molar-refractivity contribution < 1.29 is 19.4 Å². The van der Waals surface area contributed by atoms with Crippen LogP contribution < -0.4 is 10.6 Å². The Kier molecular flexibility index (Phi) is 7.83. The molecule has 0 aliphatic carbocycles. The maximum Gasteiger partial charge on any atom is 0.408 e. The van der Waals surface area contributed by atoms with Gasteiger partial charge in [0.1, 0.15) is 12.6 Å². The van der Waals surface area contributed by atoms with Crippen molar-refractivity contribution in [2.45, 2.75) is 32.5 Å². The molecule has 0 saturated heterocycles. The third kappa shape index (κ3) is 6.52. The number of aliphatic hydroxyl groups excluding tert-OH is 1. The number of hydrogen-bond donors (Lipinski definition) is 3. The van der Waals surface area contributed by atoms with E-state index in [0.717, 1.165) is 5.56 Å². The largest absolute Gasteiger partial charge is 0.445 e. The fourth-order valence-electron chi connectivity index (χ4n) is 1.82. The molecule has 6 nitrogen and oxygen atoms in total. The van der Waals surface area contributed by atoms with Gasteiger partial charge in [0.05, 0.1) is 12.6 Å². The number of ether oxygens (including phenoxy) is 1. The average molecular weight is 320 g/mol. The molecule has 2 atom stereocenters. The van der Waals surface area contributed by atoms with E-state index in [0.29, 0.717) is 0 Å². The summed E-state index contributed by atoms with van der Waals surface area (Å²) >= 11 is 0. The monoisotopic (exact) mass is 320 g/mol. The number of aliphatic hydroxyl groups is 1. The summed E-state index contributed by atoms with van der Waals surface area (Å²) in [6, 6.07) is 7.92. The third-order valence-electron chi connectivity index (χ3n) is 3.33. The Morgan fingerprint density at radius 2 is 1.91 bits per heavy atom. The van der Waals surface area contributed by atoms with Crippen LogP contribution in [0, 0.1) is 5.92 Å². The second kappa shape index (κ2) is 9.63. The van der Waals surface area contributed by atoms with Crippen LogP contribution >= 0.6 is 0 Å². The first-order valence-electron chi connectivity index (χ1n) is 7.49.